The van der Waals surface area contributed by atoms with E-state index in [0.717, 1.165) is 31.6 Å². The number of benzene rings is 1. The second-order valence-electron chi connectivity index (χ2n) is 4.22. The number of ether oxygens (including phenoxy) is 1. The van der Waals surface area contributed by atoms with Gasteiger partial charge in [0.2, 0.25) is 0 Å². The van der Waals surface area contributed by atoms with Gasteiger partial charge in [-0.1, -0.05) is 29.3 Å². The Morgan fingerprint density at radius 3 is 2.50 bits per heavy atom. The molecule has 1 aliphatic heterocycles. The molecule has 0 unspecified atom stereocenters. The fourth-order valence-electron chi connectivity index (χ4n) is 2.27. The molecule has 1 aromatic carbocycles. The Kier molecular flexibility index (Phi) is 3.75. The maximum absolute atomic E-state index is 6.25. The molecule has 1 saturated heterocycles. The lowest BCUT2D eigenvalue weighted by Gasteiger charge is -2.37. The molecule has 0 spiro atoms. The average molecular weight is 260 g/mol. The van der Waals surface area contributed by atoms with Crippen molar-refractivity contribution in [3.05, 3.63) is 33.8 Å². The molecule has 88 valence electrons. The first-order chi connectivity index (χ1) is 7.68. The fourth-order valence-corrected chi connectivity index (χ4v) is 2.87. The number of hydrogen-bond donors (Lipinski definition) is 1. The molecule has 0 atom stereocenters. The number of nitrogens with two attached hydrogens (primary N) is 1. The van der Waals surface area contributed by atoms with Gasteiger partial charge in [0.25, 0.3) is 0 Å². The highest BCUT2D eigenvalue weighted by Crippen LogP contribution is 2.38. The van der Waals surface area contributed by atoms with E-state index in [1.165, 1.54) is 0 Å². The van der Waals surface area contributed by atoms with Gasteiger partial charge in [0.1, 0.15) is 0 Å². The molecule has 1 fully saturated rings. The van der Waals surface area contributed by atoms with E-state index in [9.17, 15) is 0 Å². The molecule has 2 N–H and O–H groups in total. The van der Waals surface area contributed by atoms with Crippen LogP contribution >= 0.6 is 23.2 Å². The molecule has 0 saturated carbocycles. The Balaban J connectivity index is 2.39. The fraction of sp³-hybridized carbons (Fsp3) is 0.500. The summed E-state index contributed by atoms with van der Waals surface area (Å²) in [6, 6.07) is 5.64. The van der Waals surface area contributed by atoms with E-state index in [1.807, 2.05) is 12.1 Å². The predicted molar refractivity (Wildman–Crippen MR) is 67.2 cm³/mol. The van der Waals surface area contributed by atoms with Crippen LogP contribution in [0.25, 0.3) is 0 Å². The summed E-state index contributed by atoms with van der Waals surface area (Å²) in [6.45, 7) is 2.09. The summed E-state index contributed by atoms with van der Waals surface area (Å²) in [5.74, 6) is 0. The van der Waals surface area contributed by atoms with Crippen molar-refractivity contribution in [3.63, 3.8) is 0 Å². The molecule has 1 aromatic rings. The third-order valence-electron chi connectivity index (χ3n) is 3.34. The first kappa shape index (κ1) is 12.2. The Bertz CT molecular complexity index is 375. The van der Waals surface area contributed by atoms with Gasteiger partial charge in [-0.15, -0.1) is 0 Å². The molecule has 1 heterocycles. The van der Waals surface area contributed by atoms with Crippen LogP contribution < -0.4 is 5.73 Å². The molecule has 2 rings (SSSR count). The van der Waals surface area contributed by atoms with E-state index in [2.05, 4.69) is 0 Å². The van der Waals surface area contributed by atoms with E-state index < -0.39 is 0 Å². The predicted octanol–water partition coefficient (Wildman–Crippen LogP) is 3.00. The van der Waals surface area contributed by atoms with Crippen molar-refractivity contribution in [1.29, 1.82) is 0 Å². The van der Waals surface area contributed by atoms with E-state index in [4.69, 9.17) is 33.7 Å². The topological polar surface area (TPSA) is 35.2 Å². The summed E-state index contributed by atoms with van der Waals surface area (Å²) in [4.78, 5) is 0. The lowest BCUT2D eigenvalue weighted by atomic mass is 9.74. The summed E-state index contributed by atoms with van der Waals surface area (Å²) in [5.41, 5.74) is 6.99. The van der Waals surface area contributed by atoms with Crippen LogP contribution in [-0.4, -0.2) is 19.8 Å². The SMILES string of the molecule is NCC1(c2ccc(Cl)cc2Cl)CCOCC1. The maximum Gasteiger partial charge on any atom is 0.0475 e. The van der Waals surface area contributed by atoms with E-state index in [0.29, 0.717) is 16.6 Å². The standard InChI is InChI=1S/C12H15Cl2NO/c13-9-1-2-10(11(14)7-9)12(8-15)3-5-16-6-4-12/h1-2,7H,3-6,8,15H2. The molecule has 0 aromatic heterocycles. The average Bonchev–Trinajstić information content (AvgIpc) is 2.30. The van der Waals surface area contributed by atoms with Gasteiger partial charge in [-0.3, -0.25) is 0 Å². The summed E-state index contributed by atoms with van der Waals surface area (Å²) < 4.78 is 5.39. The third-order valence-corrected chi connectivity index (χ3v) is 3.89. The normalized spacial score (nSPS) is 19.7. The molecular weight excluding hydrogens is 245 g/mol. The smallest absolute Gasteiger partial charge is 0.0475 e. The number of rotatable bonds is 2. The third kappa shape index (κ3) is 2.21. The van der Waals surface area contributed by atoms with Crippen molar-refractivity contribution >= 4 is 23.2 Å². The zero-order chi connectivity index (χ0) is 11.6. The summed E-state index contributed by atoms with van der Waals surface area (Å²) >= 11 is 12.2. The number of hydrogen-bond acceptors (Lipinski definition) is 2. The van der Waals surface area contributed by atoms with Gasteiger partial charge in [0, 0.05) is 35.2 Å². The molecule has 0 radical (unpaired) electrons. The largest absolute Gasteiger partial charge is 0.381 e. The second kappa shape index (κ2) is 4.92. The lowest BCUT2D eigenvalue weighted by Crippen LogP contribution is -2.40. The summed E-state index contributed by atoms with van der Waals surface area (Å²) in [7, 11) is 0. The summed E-state index contributed by atoms with van der Waals surface area (Å²) in [5, 5.41) is 1.37. The Labute approximate surface area is 106 Å². The number of halogens is 2. The van der Waals surface area contributed by atoms with Crippen LogP contribution in [0, 0.1) is 0 Å². The minimum absolute atomic E-state index is 0.0417. The first-order valence-corrected chi connectivity index (χ1v) is 6.17. The lowest BCUT2D eigenvalue weighted by molar-refractivity contribution is 0.0530. The zero-order valence-corrected chi connectivity index (χ0v) is 10.5. The minimum atomic E-state index is -0.0417. The van der Waals surface area contributed by atoms with Gasteiger partial charge in [-0.2, -0.15) is 0 Å². The van der Waals surface area contributed by atoms with Crippen LogP contribution in [-0.2, 0) is 10.2 Å². The van der Waals surface area contributed by atoms with Crippen LogP contribution in [0.1, 0.15) is 18.4 Å². The Morgan fingerprint density at radius 1 is 1.25 bits per heavy atom. The zero-order valence-electron chi connectivity index (χ0n) is 9.01. The van der Waals surface area contributed by atoms with Crippen LogP contribution in [0.4, 0.5) is 0 Å². The molecule has 0 amide bonds. The molecule has 0 aliphatic carbocycles. The molecular formula is C12H15Cl2NO. The monoisotopic (exact) mass is 259 g/mol. The highest BCUT2D eigenvalue weighted by Gasteiger charge is 2.34. The quantitative estimate of drug-likeness (QED) is 0.887. The maximum atomic E-state index is 6.25. The van der Waals surface area contributed by atoms with Gasteiger partial charge in [0.15, 0.2) is 0 Å². The van der Waals surface area contributed by atoms with Crippen molar-refractivity contribution < 1.29 is 4.74 Å². The van der Waals surface area contributed by atoms with Crippen LogP contribution in [0.15, 0.2) is 18.2 Å². The summed E-state index contributed by atoms with van der Waals surface area (Å²) in [6.07, 6.45) is 1.84. The van der Waals surface area contributed by atoms with Crippen molar-refractivity contribution in [3.8, 4) is 0 Å². The Hall–Kier alpha value is -0.280. The van der Waals surface area contributed by atoms with Gasteiger partial charge in [0.05, 0.1) is 0 Å². The highest BCUT2D eigenvalue weighted by atomic mass is 35.5. The van der Waals surface area contributed by atoms with Gasteiger partial charge < -0.3 is 10.5 Å². The van der Waals surface area contributed by atoms with Gasteiger partial charge in [-0.25, -0.2) is 0 Å². The molecule has 0 bridgehead atoms. The van der Waals surface area contributed by atoms with E-state index >= 15 is 0 Å². The van der Waals surface area contributed by atoms with Crippen LogP contribution in [0.3, 0.4) is 0 Å². The molecule has 1 aliphatic rings. The molecule has 2 nitrogen and oxygen atoms in total. The van der Waals surface area contributed by atoms with E-state index in [1.54, 1.807) is 6.07 Å². The second-order valence-corrected chi connectivity index (χ2v) is 5.06. The van der Waals surface area contributed by atoms with Crippen molar-refractivity contribution in [1.82, 2.24) is 0 Å². The van der Waals surface area contributed by atoms with Crippen LogP contribution in [0.2, 0.25) is 10.0 Å². The van der Waals surface area contributed by atoms with Gasteiger partial charge >= 0.3 is 0 Å². The van der Waals surface area contributed by atoms with Crippen molar-refractivity contribution in [2.24, 2.45) is 5.73 Å². The minimum Gasteiger partial charge on any atom is -0.381 e. The van der Waals surface area contributed by atoms with Gasteiger partial charge in [-0.05, 0) is 30.5 Å². The van der Waals surface area contributed by atoms with Crippen molar-refractivity contribution in [2.45, 2.75) is 18.3 Å². The first-order valence-electron chi connectivity index (χ1n) is 5.41. The van der Waals surface area contributed by atoms with Crippen molar-refractivity contribution in [2.75, 3.05) is 19.8 Å². The van der Waals surface area contributed by atoms with Crippen LogP contribution in [0.5, 0.6) is 0 Å². The Morgan fingerprint density at radius 2 is 1.94 bits per heavy atom. The molecule has 4 heteroatoms. The van der Waals surface area contributed by atoms with E-state index in [-0.39, 0.29) is 5.41 Å². The molecule has 16 heavy (non-hydrogen) atoms. The highest BCUT2D eigenvalue weighted by molar-refractivity contribution is 6.35.